The number of urea groups is 1. The van der Waals surface area contributed by atoms with Crippen LogP contribution < -0.4 is 16.2 Å². The Morgan fingerprint density at radius 3 is 2.71 bits per heavy atom. The smallest absolute Gasteiger partial charge is 0.321 e. The number of nitrogens with one attached hydrogen (secondary N) is 2. The molecule has 0 spiro atoms. The predicted molar refractivity (Wildman–Crippen MR) is 91.9 cm³/mol. The van der Waals surface area contributed by atoms with E-state index in [0.29, 0.717) is 10.2 Å². The number of aromatic nitrogens is 2. The van der Waals surface area contributed by atoms with Gasteiger partial charge in [-0.2, -0.15) is 0 Å². The van der Waals surface area contributed by atoms with Crippen LogP contribution in [-0.4, -0.2) is 28.5 Å². The highest BCUT2D eigenvalue weighted by molar-refractivity contribution is 7.17. The van der Waals surface area contributed by atoms with E-state index in [9.17, 15) is 14.4 Å². The summed E-state index contributed by atoms with van der Waals surface area (Å²) in [5, 5.41) is 6.75. The van der Waals surface area contributed by atoms with Gasteiger partial charge in [-0.05, 0) is 5.56 Å². The van der Waals surface area contributed by atoms with E-state index in [-0.39, 0.29) is 12.1 Å². The Bertz CT molecular complexity index is 962. The zero-order valence-corrected chi connectivity index (χ0v) is 13.6. The number of fused-ring (bicyclic) bond motifs is 1. The standard InChI is InChI=1S/C16H14N4O3S/c1-17-16(23)19-12(21)7-20-9-18-14-13(15(20)22)11(8-24-14)10-5-3-2-4-6-10/h2-6,8-9H,7H2,1H3,(H2,17,19,21,23). The largest absolute Gasteiger partial charge is 0.341 e. The second kappa shape index (κ2) is 6.63. The molecule has 3 rings (SSSR count). The fraction of sp³-hybridized carbons (Fsp3) is 0.125. The van der Waals surface area contributed by atoms with Crippen molar-refractivity contribution >= 4 is 33.5 Å². The molecule has 2 heterocycles. The van der Waals surface area contributed by atoms with Gasteiger partial charge in [-0.3, -0.25) is 19.5 Å². The quantitative estimate of drug-likeness (QED) is 0.756. The van der Waals surface area contributed by atoms with Gasteiger partial charge in [-0.25, -0.2) is 9.78 Å². The number of imide groups is 1. The maximum Gasteiger partial charge on any atom is 0.321 e. The lowest BCUT2D eigenvalue weighted by molar-refractivity contribution is -0.120. The summed E-state index contributed by atoms with van der Waals surface area (Å²) < 4.78 is 1.19. The van der Waals surface area contributed by atoms with E-state index in [1.54, 1.807) is 0 Å². The fourth-order valence-electron chi connectivity index (χ4n) is 2.29. The molecule has 0 unspecified atom stereocenters. The fourth-order valence-corrected chi connectivity index (χ4v) is 3.20. The Morgan fingerprint density at radius 1 is 1.25 bits per heavy atom. The summed E-state index contributed by atoms with van der Waals surface area (Å²) in [5.41, 5.74) is 1.39. The van der Waals surface area contributed by atoms with Crippen LogP contribution in [0.4, 0.5) is 4.79 Å². The van der Waals surface area contributed by atoms with Crippen molar-refractivity contribution < 1.29 is 9.59 Å². The van der Waals surface area contributed by atoms with Crippen LogP contribution in [0.3, 0.4) is 0 Å². The van der Waals surface area contributed by atoms with Gasteiger partial charge in [0, 0.05) is 18.0 Å². The Balaban J connectivity index is 2.00. The minimum atomic E-state index is -0.623. The minimum absolute atomic E-state index is 0.279. The molecule has 0 aliphatic rings. The topological polar surface area (TPSA) is 93.1 Å². The maximum absolute atomic E-state index is 12.7. The Morgan fingerprint density at radius 2 is 2.00 bits per heavy atom. The molecule has 0 saturated heterocycles. The molecule has 0 aliphatic carbocycles. The SMILES string of the molecule is CNC(=O)NC(=O)Cn1cnc2scc(-c3ccccc3)c2c1=O. The first-order valence-electron chi connectivity index (χ1n) is 7.13. The molecule has 2 N–H and O–H groups in total. The van der Waals surface area contributed by atoms with Gasteiger partial charge in [-0.15, -0.1) is 11.3 Å². The van der Waals surface area contributed by atoms with Crippen molar-refractivity contribution in [3.63, 3.8) is 0 Å². The van der Waals surface area contributed by atoms with Crippen LogP contribution in [-0.2, 0) is 11.3 Å². The van der Waals surface area contributed by atoms with Gasteiger partial charge in [0.25, 0.3) is 5.56 Å². The third kappa shape index (κ3) is 3.04. The number of hydrogen-bond acceptors (Lipinski definition) is 5. The third-order valence-corrected chi connectivity index (χ3v) is 4.33. The predicted octanol–water partition coefficient (Wildman–Crippen LogP) is 1.58. The van der Waals surface area contributed by atoms with Crippen molar-refractivity contribution in [2.24, 2.45) is 0 Å². The molecule has 3 amide bonds. The highest BCUT2D eigenvalue weighted by Crippen LogP contribution is 2.30. The van der Waals surface area contributed by atoms with Gasteiger partial charge >= 0.3 is 6.03 Å². The lowest BCUT2D eigenvalue weighted by atomic mass is 10.1. The molecule has 0 bridgehead atoms. The van der Waals surface area contributed by atoms with Gasteiger partial charge < -0.3 is 5.32 Å². The monoisotopic (exact) mass is 342 g/mol. The van der Waals surface area contributed by atoms with E-state index in [0.717, 1.165) is 11.1 Å². The number of thiophene rings is 1. The number of amides is 3. The zero-order valence-electron chi connectivity index (χ0n) is 12.8. The van der Waals surface area contributed by atoms with Crippen molar-refractivity contribution in [3.05, 3.63) is 52.4 Å². The summed E-state index contributed by atoms with van der Waals surface area (Å²) in [7, 11) is 1.40. The summed E-state index contributed by atoms with van der Waals surface area (Å²) in [4.78, 5) is 40.5. The molecule has 24 heavy (non-hydrogen) atoms. The molecule has 8 heteroatoms. The molecule has 1 aromatic carbocycles. The van der Waals surface area contributed by atoms with E-state index in [4.69, 9.17) is 0 Å². The molecule has 0 atom stereocenters. The van der Waals surface area contributed by atoms with E-state index in [1.807, 2.05) is 35.7 Å². The van der Waals surface area contributed by atoms with Crippen molar-refractivity contribution in [3.8, 4) is 11.1 Å². The van der Waals surface area contributed by atoms with Gasteiger partial charge in [0.1, 0.15) is 11.4 Å². The first kappa shape index (κ1) is 15.9. The highest BCUT2D eigenvalue weighted by atomic mass is 32.1. The van der Waals surface area contributed by atoms with Gasteiger partial charge in [0.05, 0.1) is 11.7 Å². The molecule has 0 aliphatic heterocycles. The van der Waals surface area contributed by atoms with E-state index >= 15 is 0 Å². The summed E-state index contributed by atoms with van der Waals surface area (Å²) in [6.07, 6.45) is 1.32. The van der Waals surface area contributed by atoms with E-state index < -0.39 is 11.9 Å². The molecular weight excluding hydrogens is 328 g/mol. The summed E-state index contributed by atoms with van der Waals surface area (Å²) in [5.74, 6) is -0.589. The second-order valence-electron chi connectivity index (χ2n) is 5.00. The lowest BCUT2D eigenvalue weighted by Crippen LogP contribution is -2.40. The number of benzene rings is 1. The molecule has 7 nitrogen and oxygen atoms in total. The van der Waals surface area contributed by atoms with E-state index in [2.05, 4.69) is 15.6 Å². The average molecular weight is 342 g/mol. The van der Waals surface area contributed by atoms with Gasteiger partial charge in [0.2, 0.25) is 5.91 Å². The molecule has 2 aromatic heterocycles. The first-order chi connectivity index (χ1) is 11.6. The number of carbonyl (C=O) groups excluding carboxylic acids is 2. The number of hydrogen-bond donors (Lipinski definition) is 2. The van der Waals surface area contributed by atoms with Crippen molar-refractivity contribution in [1.82, 2.24) is 20.2 Å². The van der Waals surface area contributed by atoms with Crippen LogP contribution in [0.5, 0.6) is 0 Å². The Kier molecular flexibility index (Phi) is 4.39. The van der Waals surface area contributed by atoms with Crippen LogP contribution in [0, 0.1) is 0 Å². The number of carbonyl (C=O) groups is 2. The highest BCUT2D eigenvalue weighted by Gasteiger charge is 2.15. The van der Waals surface area contributed by atoms with Crippen LogP contribution in [0.25, 0.3) is 21.3 Å². The molecule has 0 saturated carbocycles. The second-order valence-corrected chi connectivity index (χ2v) is 5.86. The van der Waals surface area contributed by atoms with Crippen LogP contribution >= 0.6 is 11.3 Å². The minimum Gasteiger partial charge on any atom is -0.341 e. The van der Waals surface area contributed by atoms with Gasteiger partial charge in [0.15, 0.2) is 0 Å². The number of rotatable bonds is 3. The number of nitrogens with zero attached hydrogens (tertiary/aromatic N) is 2. The lowest BCUT2D eigenvalue weighted by Gasteiger charge is -2.06. The average Bonchev–Trinajstić information content (AvgIpc) is 3.03. The summed E-state index contributed by atoms with van der Waals surface area (Å²) in [6.45, 7) is -0.279. The van der Waals surface area contributed by atoms with Crippen molar-refractivity contribution in [1.29, 1.82) is 0 Å². The van der Waals surface area contributed by atoms with E-state index in [1.165, 1.54) is 29.3 Å². The maximum atomic E-state index is 12.7. The molecule has 122 valence electrons. The zero-order chi connectivity index (χ0) is 17.1. The normalized spacial score (nSPS) is 10.5. The Hall–Kier alpha value is -3.00. The van der Waals surface area contributed by atoms with Crippen molar-refractivity contribution in [2.45, 2.75) is 6.54 Å². The first-order valence-corrected chi connectivity index (χ1v) is 8.01. The van der Waals surface area contributed by atoms with Crippen LogP contribution in [0.2, 0.25) is 0 Å². The molecule has 0 radical (unpaired) electrons. The summed E-state index contributed by atoms with van der Waals surface area (Å²) >= 11 is 1.38. The van der Waals surface area contributed by atoms with Crippen LogP contribution in [0.1, 0.15) is 0 Å². The van der Waals surface area contributed by atoms with Crippen LogP contribution in [0.15, 0.2) is 46.8 Å². The van der Waals surface area contributed by atoms with Gasteiger partial charge in [-0.1, -0.05) is 30.3 Å². The summed E-state index contributed by atoms with van der Waals surface area (Å²) in [6, 6.07) is 8.89. The van der Waals surface area contributed by atoms with Crippen molar-refractivity contribution in [2.75, 3.05) is 7.05 Å². The Labute approximate surface area is 141 Å². The molecular formula is C16H14N4O3S. The third-order valence-electron chi connectivity index (χ3n) is 3.44. The molecule has 0 fully saturated rings. The molecule has 3 aromatic rings.